The van der Waals surface area contributed by atoms with Crippen LogP contribution in [-0.2, 0) is 16.1 Å². The van der Waals surface area contributed by atoms with E-state index in [1.165, 1.54) is 22.5 Å². The molecule has 1 atom stereocenters. The van der Waals surface area contributed by atoms with E-state index in [1.807, 2.05) is 30.3 Å². The third-order valence-electron chi connectivity index (χ3n) is 7.79. The van der Waals surface area contributed by atoms with E-state index in [4.69, 9.17) is 21.3 Å². The first kappa shape index (κ1) is 28.9. The first-order valence-electron chi connectivity index (χ1n) is 14.2. The van der Waals surface area contributed by atoms with Crippen molar-refractivity contribution in [2.45, 2.75) is 53.3 Å². The molecule has 1 unspecified atom stereocenters. The van der Waals surface area contributed by atoms with Gasteiger partial charge in [-0.25, -0.2) is 9.79 Å². The molecule has 2 aromatic heterocycles. The van der Waals surface area contributed by atoms with Crippen LogP contribution in [0.4, 0.5) is 0 Å². The normalized spacial score (nSPS) is 15.2. The molecule has 6 rings (SSSR count). The smallest absolute Gasteiger partial charge is 0.338 e. The van der Waals surface area contributed by atoms with Crippen LogP contribution in [0, 0.1) is 13.8 Å². The molecule has 0 saturated heterocycles. The monoisotopic (exact) mass is 609 g/mol. The van der Waals surface area contributed by atoms with Crippen LogP contribution in [0.1, 0.15) is 54.8 Å². The maximum atomic E-state index is 14.2. The topological polar surface area (TPSA) is 65.6 Å². The van der Waals surface area contributed by atoms with Crippen molar-refractivity contribution < 1.29 is 9.53 Å². The van der Waals surface area contributed by atoms with Crippen molar-refractivity contribution in [1.29, 1.82) is 0 Å². The summed E-state index contributed by atoms with van der Waals surface area (Å²) in [4.78, 5) is 32.9. The lowest BCUT2D eigenvalue weighted by Gasteiger charge is -2.25. The minimum absolute atomic E-state index is 0.208. The van der Waals surface area contributed by atoms with Crippen molar-refractivity contribution in [3.8, 4) is 0 Å². The van der Waals surface area contributed by atoms with Crippen molar-refractivity contribution in [1.82, 2.24) is 9.13 Å². The number of thiazole rings is 1. The van der Waals surface area contributed by atoms with E-state index in [1.54, 1.807) is 37.5 Å². The highest BCUT2D eigenvalue weighted by Gasteiger charge is 2.33. The number of para-hydroxylation sites is 1. The van der Waals surface area contributed by atoms with Crippen molar-refractivity contribution in [2.75, 3.05) is 0 Å². The molecule has 1 aliphatic rings. The summed E-state index contributed by atoms with van der Waals surface area (Å²) in [7, 11) is 0. The van der Waals surface area contributed by atoms with E-state index in [-0.39, 0.29) is 11.7 Å². The maximum absolute atomic E-state index is 14.2. The summed E-state index contributed by atoms with van der Waals surface area (Å²) in [5, 5.41) is 1.64. The number of carbonyl (C=O) groups is 1. The molecule has 5 aromatic rings. The van der Waals surface area contributed by atoms with E-state index in [0.29, 0.717) is 25.6 Å². The summed E-state index contributed by atoms with van der Waals surface area (Å²) in [5.74, 6) is -0.486. The van der Waals surface area contributed by atoms with Crippen LogP contribution in [0.25, 0.3) is 17.0 Å². The molecule has 3 aromatic carbocycles. The number of nitrogens with zero attached hydrogens (tertiary/aromatic N) is 3. The van der Waals surface area contributed by atoms with Crippen LogP contribution in [0.2, 0.25) is 5.02 Å². The van der Waals surface area contributed by atoms with E-state index in [2.05, 4.69) is 54.8 Å². The average Bonchev–Trinajstić information content (AvgIpc) is 3.42. The quantitative estimate of drug-likeness (QED) is 0.208. The van der Waals surface area contributed by atoms with Gasteiger partial charge in [-0.3, -0.25) is 9.36 Å². The average molecular weight is 610 g/mol. The zero-order valence-electron chi connectivity index (χ0n) is 24.7. The second-order valence-electron chi connectivity index (χ2n) is 11.2. The van der Waals surface area contributed by atoms with Crippen molar-refractivity contribution >= 4 is 45.9 Å². The van der Waals surface area contributed by atoms with Crippen LogP contribution in [0.5, 0.6) is 0 Å². The fraction of sp³-hybridized carbons (Fsp3) is 0.229. The summed E-state index contributed by atoms with van der Waals surface area (Å²) in [6.45, 7) is 10.3. The number of ether oxygens (including phenoxy) is 1. The number of hydrogen-bond acceptors (Lipinski definition) is 5. The van der Waals surface area contributed by atoms with Crippen LogP contribution >= 0.6 is 22.9 Å². The third kappa shape index (κ3) is 5.39. The van der Waals surface area contributed by atoms with Gasteiger partial charge in [0.25, 0.3) is 5.56 Å². The van der Waals surface area contributed by atoms with Gasteiger partial charge in [0.1, 0.15) is 0 Å². The van der Waals surface area contributed by atoms with Gasteiger partial charge >= 0.3 is 5.97 Å². The molecule has 0 aliphatic carbocycles. The first-order valence-corrected chi connectivity index (χ1v) is 15.4. The number of esters is 1. The number of benzene rings is 3. The Labute approximate surface area is 258 Å². The fourth-order valence-corrected chi connectivity index (χ4v) is 6.83. The van der Waals surface area contributed by atoms with Gasteiger partial charge in [0, 0.05) is 33.7 Å². The summed E-state index contributed by atoms with van der Waals surface area (Å²) >= 11 is 7.53. The Balaban J connectivity index is 1.53. The summed E-state index contributed by atoms with van der Waals surface area (Å²) < 4.78 is 10.1. The summed E-state index contributed by atoms with van der Waals surface area (Å²) in [5.41, 5.74) is 7.03. The standard InChI is InChI=1S/C35H32ClN3O3S/c1-20(2)42-34(41)31-22(4)37-35-39(32(31)25-14-16-26(36)17-15-25)33(40)30(43-35)18-28-23(5)38(29-9-7-6-8-27(28)29)19-24-12-10-21(3)11-13-24/h6-18,20,32H,19H2,1-5H3. The van der Waals surface area contributed by atoms with Gasteiger partial charge in [-0.2, -0.15) is 0 Å². The predicted octanol–water partition coefficient (Wildman–Crippen LogP) is 6.46. The largest absolute Gasteiger partial charge is 0.459 e. The van der Waals surface area contributed by atoms with Crippen molar-refractivity contribution in [2.24, 2.45) is 4.99 Å². The van der Waals surface area contributed by atoms with Crippen molar-refractivity contribution in [3.05, 3.63) is 137 Å². The van der Waals surface area contributed by atoms with E-state index < -0.39 is 12.0 Å². The van der Waals surface area contributed by atoms with Gasteiger partial charge in [-0.05, 0) is 70.0 Å². The molecule has 0 radical (unpaired) electrons. The lowest BCUT2D eigenvalue weighted by molar-refractivity contribution is -0.143. The Morgan fingerprint density at radius 2 is 1.72 bits per heavy atom. The molecule has 0 saturated carbocycles. The number of aryl methyl sites for hydroxylation is 1. The summed E-state index contributed by atoms with van der Waals surface area (Å²) in [6, 6.07) is 23.4. The Hall–Kier alpha value is -4.20. The molecule has 0 bridgehead atoms. The zero-order valence-corrected chi connectivity index (χ0v) is 26.3. The number of aromatic nitrogens is 2. The van der Waals surface area contributed by atoms with Crippen LogP contribution < -0.4 is 14.9 Å². The molecule has 0 fully saturated rings. The van der Waals surface area contributed by atoms with E-state index in [9.17, 15) is 9.59 Å². The van der Waals surface area contributed by atoms with Gasteiger partial charge in [0.05, 0.1) is 27.9 Å². The maximum Gasteiger partial charge on any atom is 0.338 e. The fourth-order valence-electron chi connectivity index (χ4n) is 5.67. The molecule has 218 valence electrons. The highest BCUT2D eigenvalue weighted by atomic mass is 35.5. The molecule has 43 heavy (non-hydrogen) atoms. The second-order valence-corrected chi connectivity index (χ2v) is 12.6. The number of rotatable bonds is 6. The zero-order chi connectivity index (χ0) is 30.4. The highest BCUT2D eigenvalue weighted by Crippen LogP contribution is 2.32. The SMILES string of the molecule is CC1=C(C(=O)OC(C)C)C(c2ccc(Cl)cc2)n2c(sc(=Cc3c(C)n(Cc4ccc(C)cc4)c4ccccc34)c2=O)=N1. The van der Waals surface area contributed by atoms with Gasteiger partial charge in [0.15, 0.2) is 4.80 Å². The Bertz CT molecular complexity index is 2080. The van der Waals surface area contributed by atoms with Crippen LogP contribution in [-0.4, -0.2) is 21.2 Å². The van der Waals surface area contributed by atoms with Gasteiger partial charge in [-0.1, -0.05) is 83.1 Å². The lowest BCUT2D eigenvalue weighted by Crippen LogP contribution is -2.40. The molecular weight excluding hydrogens is 578 g/mol. The predicted molar refractivity (Wildman–Crippen MR) is 173 cm³/mol. The number of fused-ring (bicyclic) bond motifs is 2. The Morgan fingerprint density at radius 3 is 2.42 bits per heavy atom. The first-order chi connectivity index (χ1) is 20.6. The van der Waals surface area contributed by atoms with Gasteiger partial charge in [-0.15, -0.1) is 0 Å². The number of carbonyl (C=O) groups excluding carboxylic acids is 1. The highest BCUT2D eigenvalue weighted by molar-refractivity contribution is 7.07. The van der Waals surface area contributed by atoms with Crippen molar-refractivity contribution in [3.63, 3.8) is 0 Å². The molecule has 0 N–H and O–H groups in total. The lowest BCUT2D eigenvalue weighted by atomic mass is 9.96. The Morgan fingerprint density at radius 1 is 1.02 bits per heavy atom. The number of hydrogen-bond donors (Lipinski definition) is 0. The Kier molecular flexibility index (Phi) is 7.71. The number of halogens is 1. The number of allylic oxidation sites excluding steroid dienone is 1. The molecular formula is C35H32ClN3O3S. The van der Waals surface area contributed by atoms with Crippen LogP contribution in [0.15, 0.2) is 93.9 Å². The minimum atomic E-state index is -0.689. The van der Waals surface area contributed by atoms with E-state index in [0.717, 1.165) is 34.3 Å². The molecule has 1 aliphatic heterocycles. The molecule has 3 heterocycles. The molecule has 6 nitrogen and oxygen atoms in total. The molecule has 0 amide bonds. The summed E-state index contributed by atoms with van der Waals surface area (Å²) in [6.07, 6.45) is 1.65. The minimum Gasteiger partial charge on any atom is -0.459 e. The van der Waals surface area contributed by atoms with Gasteiger partial charge in [0.2, 0.25) is 0 Å². The second kappa shape index (κ2) is 11.5. The van der Waals surface area contributed by atoms with Crippen LogP contribution in [0.3, 0.4) is 0 Å². The third-order valence-corrected chi connectivity index (χ3v) is 9.02. The van der Waals surface area contributed by atoms with Gasteiger partial charge < -0.3 is 9.30 Å². The molecule has 0 spiro atoms. The molecule has 8 heteroatoms. The van der Waals surface area contributed by atoms with E-state index >= 15 is 0 Å².